The summed E-state index contributed by atoms with van der Waals surface area (Å²) in [4.78, 5) is 25.2. The lowest BCUT2D eigenvalue weighted by atomic mass is 9.79. The number of carbonyl (C=O) groups is 2. The number of carbonyl (C=O) groups excluding carboxylic acids is 2. The summed E-state index contributed by atoms with van der Waals surface area (Å²) in [7, 11) is 0. The third-order valence-electron chi connectivity index (χ3n) is 5.54. The first-order valence-electron chi connectivity index (χ1n) is 9.60. The topological polar surface area (TPSA) is 55.4 Å². The number of esters is 1. The molecule has 2 aromatic rings. The summed E-state index contributed by atoms with van der Waals surface area (Å²) in [6, 6.07) is 17.6. The van der Waals surface area contributed by atoms with E-state index in [0.717, 1.165) is 42.4 Å². The van der Waals surface area contributed by atoms with E-state index in [1.807, 2.05) is 68.4 Å². The number of nitrogens with one attached hydrogen (secondary N) is 1. The van der Waals surface area contributed by atoms with E-state index in [4.69, 9.17) is 4.74 Å². The summed E-state index contributed by atoms with van der Waals surface area (Å²) in [5.74, 6) is -0.565. The number of hydrogen-bond donors (Lipinski definition) is 1. The molecule has 0 bridgehead atoms. The second-order valence-electron chi connectivity index (χ2n) is 7.38. The fourth-order valence-corrected chi connectivity index (χ4v) is 4.05. The summed E-state index contributed by atoms with van der Waals surface area (Å²) in [5.41, 5.74) is 2.56. The van der Waals surface area contributed by atoms with Crippen molar-refractivity contribution in [1.29, 1.82) is 0 Å². The molecule has 4 heteroatoms. The standard InChI is InChI=1S/C23H27NO3/c1-17-10-6-7-13-20(17)18(2)24-21(25)16-27-22(26)23(14-8-9-15-23)19-11-4-3-5-12-19/h3-7,10-13,18H,8-9,14-16H2,1-2H3,(H,24,25). The van der Waals surface area contributed by atoms with Gasteiger partial charge in [-0.1, -0.05) is 67.4 Å². The molecule has 0 spiro atoms. The smallest absolute Gasteiger partial charge is 0.317 e. The van der Waals surface area contributed by atoms with E-state index in [1.165, 1.54) is 0 Å². The van der Waals surface area contributed by atoms with Crippen LogP contribution < -0.4 is 5.32 Å². The molecule has 1 saturated carbocycles. The second-order valence-corrected chi connectivity index (χ2v) is 7.38. The van der Waals surface area contributed by atoms with Crippen LogP contribution >= 0.6 is 0 Å². The lowest BCUT2D eigenvalue weighted by molar-refractivity contribution is -0.154. The molecule has 1 unspecified atom stereocenters. The molecule has 27 heavy (non-hydrogen) atoms. The molecular weight excluding hydrogens is 338 g/mol. The van der Waals surface area contributed by atoms with Gasteiger partial charge >= 0.3 is 5.97 Å². The zero-order valence-electron chi connectivity index (χ0n) is 16.0. The predicted molar refractivity (Wildman–Crippen MR) is 105 cm³/mol. The molecule has 0 aromatic heterocycles. The van der Waals surface area contributed by atoms with Gasteiger partial charge in [0.2, 0.25) is 0 Å². The summed E-state index contributed by atoms with van der Waals surface area (Å²) in [6.07, 6.45) is 3.55. The molecule has 1 fully saturated rings. The Morgan fingerprint density at radius 2 is 1.67 bits per heavy atom. The third kappa shape index (κ3) is 4.21. The van der Waals surface area contributed by atoms with Crippen molar-refractivity contribution in [3.8, 4) is 0 Å². The van der Waals surface area contributed by atoms with Gasteiger partial charge in [0.25, 0.3) is 5.91 Å². The van der Waals surface area contributed by atoms with Crippen molar-refractivity contribution in [3.63, 3.8) is 0 Å². The van der Waals surface area contributed by atoms with Gasteiger partial charge in [-0.2, -0.15) is 0 Å². The average molecular weight is 365 g/mol. The number of ether oxygens (including phenoxy) is 1. The minimum atomic E-state index is -0.608. The minimum absolute atomic E-state index is 0.132. The first-order valence-corrected chi connectivity index (χ1v) is 9.60. The Morgan fingerprint density at radius 1 is 1.04 bits per heavy atom. The monoisotopic (exact) mass is 365 g/mol. The molecule has 1 aliphatic rings. The van der Waals surface area contributed by atoms with Crippen molar-refractivity contribution < 1.29 is 14.3 Å². The molecule has 1 amide bonds. The van der Waals surface area contributed by atoms with Gasteiger partial charge in [-0.05, 0) is 43.4 Å². The first-order chi connectivity index (χ1) is 13.0. The fraction of sp³-hybridized carbons (Fsp3) is 0.391. The average Bonchev–Trinajstić information content (AvgIpc) is 3.18. The summed E-state index contributed by atoms with van der Waals surface area (Å²) in [6.45, 7) is 3.70. The normalized spacial score (nSPS) is 16.5. The van der Waals surface area contributed by atoms with E-state index in [1.54, 1.807) is 0 Å². The first kappa shape index (κ1) is 19.2. The van der Waals surface area contributed by atoms with Gasteiger partial charge in [-0.15, -0.1) is 0 Å². The highest BCUT2D eigenvalue weighted by Crippen LogP contribution is 2.42. The lowest BCUT2D eigenvalue weighted by Crippen LogP contribution is -2.38. The van der Waals surface area contributed by atoms with Gasteiger partial charge < -0.3 is 10.1 Å². The number of amides is 1. The van der Waals surface area contributed by atoms with Gasteiger partial charge in [-0.3, -0.25) is 9.59 Å². The number of rotatable bonds is 6. The lowest BCUT2D eigenvalue weighted by Gasteiger charge is -2.27. The van der Waals surface area contributed by atoms with Crippen molar-refractivity contribution in [1.82, 2.24) is 5.32 Å². The maximum Gasteiger partial charge on any atom is 0.317 e. The van der Waals surface area contributed by atoms with Crippen LogP contribution in [0.2, 0.25) is 0 Å². The predicted octanol–water partition coefficient (Wildman–Crippen LogP) is 4.23. The third-order valence-corrected chi connectivity index (χ3v) is 5.54. The van der Waals surface area contributed by atoms with Gasteiger partial charge in [0.15, 0.2) is 6.61 Å². The van der Waals surface area contributed by atoms with Crippen molar-refractivity contribution in [2.75, 3.05) is 6.61 Å². The Labute approximate surface area is 160 Å². The van der Waals surface area contributed by atoms with Crippen LogP contribution in [0.3, 0.4) is 0 Å². The quantitative estimate of drug-likeness (QED) is 0.780. The zero-order chi connectivity index (χ0) is 19.3. The van der Waals surface area contributed by atoms with Gasteiger partial charge in [0.1, 0.15) is 0 Å². The molecule has 1 N–H and O–H groups in total. The van der Waals surface area contributed by atoms with Crippen molar-refractivity contribution >= 4 is 11.9 Å². The van der Waals surface area contributed by atoms with Crippen LogP contribution in [0.25, 0.3) is 0 Å². The number of aryl methyl sites for hydroxylation is 1. The highest BCUT2D eigenvalue weighted by atomic mass is 16.5. The van der Waals surface area contributed by atoms with Gasteiger partial charge in [0, 0.05) is 0 Å². The Bertz CT molecular complexity index is 794. The van der Waals surface area contributed by atoms with E-state index < -0.39 is 5.41 Å². The minimum Gasteiger partial charge on any atom is -0.455 e. The van der Waals surface area contributed by atoms with Crippen molar-refractivity contribution in [2.24, 2.45) is 0 Å². The maximum absolute atomic E-state index is 12.9. The van der Waals surface area contributed by atoms with Crippen LogP contribution in [0, 0.1) is 6.92 Å². The van der Waals surface area contributed by atoms with Crippen LogP contribution in [0.5, 0.6) is 0 Å². The fourth-order valence-electron chi connectivity index (χ4n) is 4.05. The van der Waals surface area contributed by atoms with E-state index in [2.05, 4.69) is 5.32 Å². The molecular formula is C23H27NO3. The molecule has 1 atom stereocenters. The summed E-state index contributed by atoms with van der Waals surface area (Å²) < 4.78 is 5.46. The van der Waals surface area contributed by atoms with E-state index in [9.17, 15) is 9.59 Å². The molecule has 3 rings (SSSR count). The highest BCUT2D eigenvalue weighted by Gasteiger charge is 2.44. The Morgan fingerprint density at radius 3 is 2.33 bits per heavy atom. The van der Waals surface area contributed by atoms with E-state index in [0.29, 0.717) is 0 Å². The molecule has 1 aliphatic carbocycles. The molecule has 0 saturated heterocycles. The van der Waals surface area contributed by atoms with Crippen LogP contribution in [0.15, 0.2) is 54.6 Å². The van der Waals surface area contributed by atoms with E-state index in [-0.39, 0.29) is 24.5 Å². The number of hydrogen-bond acceptors (Lipinski definition) is 3. The van der Waals surface area contributed by atoms with Crippen LogP contribution in [-0.2, 0) is 19.7 Å². The largest absolute Gasteiger partial charge is 0.455 e. The Kier molecular flexibility index (Phi) is 5.94. The van der Waals surface area contributed by atoms with Crippen molar-refractivity contribution in [3.05, 3.63) is 71.3 Å². The highest BCUT2D eigenvalue weighted by molar-refractivity contribution is 5.86. The second kappa shape index (κ2) is 8.38. The van der Waals surface area contributed by atoms with Crippen LogP contribution in [0.1, 0.15) is 55.3 Å². The number of benzene rings is 2. The zero-order valence-corrected chi connectivity index (χ0v) is 16.0. The van der Waals surface area contributed by atoms with Gasteiger partial charge in [0.05, 0.1) is 11.5 Å². The molecule has 4 nitrogen and oxygen atoms in total. The molecule has 2 aromatic carbocycles. The van der Waals surface area contributed by atoms with Crippen molar-refractivity contribution in [2.45, 2.75) is 51.0 Å². The van der Waals surface area contributed by atoms with Crippen LogP contribution in [-0.4, -0.2) is 18.5 Å². The molecule has 142 valence electrons. The summed E-state index contributed by atoms with van der Waals surface area (Å²) >= 11 is 0. The SMILES string of the molecule is Cc1ccccc1C(C)NC(=O)COC(=O)C1(c2ccccc2)CCCC1. The maximum atomic E-state index is 12.9. The van der Waals surface area contributed by atoms with Crippen LogP contribution in [0.4, 0.5) is 0 Å². The summed E-state index contributed by atoms with van der Waals surface area (Å²) in [5, 5.41) is 2.92. The Hall–Kier alpha value is -2.62. The van der Waals surface area contributed by atoms with Gasteiger partial charge in [-0.25, -0.2) is 0 Å². The molecule has 0 heterocycles. The van der Waals surface area contributed by atoms with E-state index >= 15 is 0 Å². The molecule has 0 radical (unpaired) electrons. The molecule has 0 aliphatic heterocycles. The Balaban J connectivity index is 1.61.